The van der Waals surface area contributed by atoms with E-state index in [1.54, 1.807) is 0 Å². The van der Waals surface area contributed by atoms with E-state index in [0.717, 1.165) is 17.1 Å². The van der Waals surface area contributed by atoms with Gasteiger partial charge in [0.1, 0.15) is 11.5 Å². The molecule has 6 aromatic carbocycles. The van der Waals surface area contributed by atoms with E-state index in [0.29, 0.717) is 0 Å². The van der Waals surface area contributed by atoms with Gasteiger partial charge in [-0.3, -0.25) is 0 Å². The van der Waals surface area contributed by atoms with Gasteiger partial charge in [-0.15, -0.1) is 11.3 Å². The topological polar surface area (TPSA) is 9.23 Å². The fourth-order valence-electron chi connectivity index (χ4n) is 6.31. The van der Waals surface area contributed by atoms with Crippen LogP contribution in [0, 0.1) is 0 Å². The van der Waals surface area contributed by atoms with Crippen LogP contribution in [-0.4, -0.2) is 0 Å². The number of benzene rings is 6. The predicted octanol–water partition coefficient (Wildman–Crippen LogP) is 11.5. The molecule has 0 N–H and O–H groups in total. The molecule has 41 heavy (non-hydrogen) atoms. The van der Waals surface area contributed by atoms with E-state index < -0.39 is 0 Å². The first-order valence-electron chi connectivity index (χ1n) is 14.1. The highest BCUT2D eigenvalue weighted by Gasteiger charge is 2.33. The number of ether oxygens (including phenoxy) is 1. The van der Waals surface area contributed by atoms with E-state index in [2.05, 4.69) is 141 Å². The molecule has 2 heterocycles. The summed E-state index contributed by atoms with van der Waals surface area (Å²) >= 11 is 1.88. The Morgan fingerprint density at radius 3 is 1.85 bits per heavy atom. The van der Waals surface area contributed by atoms with Gasteiger partial charge < -0.3 is 4.74 Å². The fourth-order valence-corrected chi connectivity index (χ4v) is 7.55. The smallest absolute Gasteiger partial charge is 0.132 e. The van der Waals surface area contributed by atoms with Crippen molar-refractivity contribution < 1.29 is 4.74 Å². The van der Waals surface area contributed by atoms with Gasteiger partial charge in [0.25, 0.3) is 0 Å². The van der Waals surface area contributed by atoms with Crippen molar-refractivity contribution >= 4 is 31.5 Å². The summed E-state index contributed by atoms with van der Waals surface area (Å²) in [4.78, 5) is 0. The monoisotopic (exact) mass is 544 g/mol. The molecule has 7 aromatic rings. The van der Waals surface area contributed by atoms with Crippen LogP contribution >= 0.6 is 11.3 Å². The summed E-state index contributed by atoms with van der Waals surface area (Å²) in [5.74, 6) is 1.89. The molecule has 0 spiro atoms. The summed E-state index contributed by atoms with van der Waals surface area (Å²) in [6.07, 6.45) is 0. The van der Waals surface area contributed by atoms with Gasteiger partial charge in [0, 0.05) is 36.7 Å². The van der Waals surface area contributed by atoms with Crippen LogP contribution in [0.2, 0.25) is 0 Å². The zero-order valence-electron chi connectivity index (χ0n) is 23.0. The molecule has 1 aliphatic rings. The van der Waals surface area contributed by atoms with E-state index in [1.165, 1.54) is 59.1 Å². The molecule has 0 saturated heterocycles. The van der Waals surface area contributed by atoms with Crippen LogP contribution in [0.25, 0.3) is 53.6 Å². The van der Waals surface area contributed by atoms with E-state index in [-0.39, 0.29) is 5.41 Å². The third-order valence-corrected chi connectivity index (χ3v) is 9.81. The lowest BCUT2D eigenvalue weighted by Gasteiger charge is -2.34. The molecular formula is C39H28OS. The first kappa shape index (κ1) is 24.2. The second-order valence-electron chi connectivity index (χ2n) is 11.4. The van der Waals surface area contributed by atoms with Crippen molar-refractivity contribution in [2.24, 2.45) is 0 Å². The Balaban J connectivity index is 1.08. The fraction of sp³-hybridized carbons (Fsp3) is 0.0769. The van der Waals surface area contributed by atoms with Crippen molar-refractivity contribution in [3.05, 3.63) is 145 Å². The number of fused-ring (bicyclic) bond motifs is 5. The second-order valence-corrected chi connectivity index (χ2v) is 12.4. The highest BCUT2D eigenvalue weighted by Crippen LogP contribution is 2.48. The Hall–Kier alpha value is -4.66. The molecule has 0 fully saturated rings. The van der Waals surface area contributed by atoms with Gasteiger partial charge >= 0.3 is 0 Å². The Labute approximate surface area is 244 Å². The highest BCUT2D eigenvalue weighted by atomic mass is 32.1. The Kier molecular flexibility index (Phi) is 5.42. The maximum Gasteiger partial charge on any atom is 0.132 e. The lowest BCUT2D eigenvalue weighted by molar-refractivity contribution is 0.418. The maximum absolute atomic E-state index is 6.36. The van der Waals surface area contributed by atoms with Crippen LogP contribution in [0.5, 0.6) is 11.5 Å². The van der Waals surface area contributed by atoms with Crippen LogP contribution in [0.15, 0.2) is 133 Å². The van der Waals surface area contributed by atoms with Gasteiger partial charge in [0.15, 0.2) is 0 Å². The second kappa shape index (κ2) is 9.19. The Morgan fingerprint density at radius 1 is 0.488 bits per heavy atom. The zero-order valence-corrected chi connectivity index (χ0v) is 23.8. The summed E-state index contributed by atoms with van der Waals surface area (Å²) in [5.41, 5.74) is 9.69. The molecule has 1 aromatic heterocycles. The molecule has 0 atom stereocenters. The Morgan fingerprint density at radius 2 is 1.07 bits per heavy atom. The van der Waals surface area contributed by atoms with Crippen molar-refractivity contribution in [1.82, 2.24) is 0 Å². The molecule has 196 valence electrons. The van der Waals surface area contributed by atoms with Crippen LogP contribution in [-0.2, 0) is 5.41 Å². The van der Waals surface area contributed by atoms with Crippen LogP contribution in [0.3, 0.4) is 0 Å². The lowest BCUT2D eigenvalue weighted by atomic mass is 9.75. The van der Waals surface area contributed by atoms with Crippen molar-refractivity contribution in [2.75, 3.05) is 0 Å². The van der Waals surface area contributed by atoms with Crippen LogP contribution in [0.1, 0.15) is 25.0 Å². The molecule has 1 aliphatic heterocycles. The molecule has 0 unspecified atom stereocenters. The lowest BCUT2D eigenvalue weighted by Crippen LogP contribution is -2.24. The summed E-state index contributed by atoms with van der Waals surface area (Å²) in [7, 11) is 0. The van der Waals surface area contributed by atoms with E-state index in [4.69, 9.17) is 4.74 Å². The van der Waals surface area contributed by atoms with Gasteiger partial charge in [0.2, 0.25) is 0 Å². The number of hydrogen-bond acceptors (Lipinski definition) is 2. The van der Waals surface area contributed by atoms with Gasteiger partial charge in [-0.2, -0.15) is 0 Å². The molecule has 0 radical (unpaired) electrons. The van der Waals surface area contributed by atoms with Gasteiger partial charge in [0.05, 0.1) is 0 Å². The maximum atomic E-state index is 6.36. The van der Waals surface area contributed by atoms with E-state index in [1.807, 2.05) is 17.4 Å². The number of thiophene rings is 1. The molecule has 0 aliphatic carbocycles. The molecule has 2 heteroatoms. The average molecular weight is 545 g/mol. The normalized spacial score (nSPS) is 13.5. The standard InChI is InChI=1S/C39H28OS/c1-39(2)33-11-4-5-12-35(33)40-36-24-29(22-23-34(36)39)27-16-14-25(15-17-27)26-18-20-28(21-19-26)30-9-7-10-32-31-8-3-6-13-37(31)41-38(30)32/h3-24H,1-2H3. The van der Waals surface area contributed by atoms with E-state index in [9.17, 15) is 0 Å². The largest absolute Gasteiger partial charge is 0.457 e. The molecule has 0 amide bonds. The molecule has 0 saturated carbocycles. The molecule has 8 rings (SSSR count). The molecule has 1 nitrogen and oxygen atoms in total. The van der Waals surface area contributed by atoms with Crippen molar-refractivity contribution in [1.29, 1.82) is 0 Å². The van der Waals surface area contributed by atoms with Gasteiger partial charge in [-0.1, -0.05) is 129 Å². The minimum absolute atomic E-state index is 0.0960. The third-order valence-electron chi connectivity index (χ3n) is 8.59. The molecule has 0 bridgehead atoms. The first-order valence-corrected chi connectivity index (χ1v) is 14.9. The van der Waals surface area contributed by atoms with Crippen LogP contribution < -0.4 is 4.74 Å². The number of hydrogen-bond donors (Lipinski definition) is 0. The van der Waals surface area contributed by atoms with Crippen molar-refractivity contribution in [3.8, 4) is 44.9 Å². The average Bonchev–Trinajstić information content (AvgIpc) is 3.40. The third kappa shape index (κ3) is 3.90. The predicted molar refractivity (Wildman–Crippen MR) is 174 cm³/mol. The van der Waals surface area contributed by atoms with Crippen LogP contribution in [0.4, 0.5) is 0 Å². The quantitative estimate of drug-likeness (QED) is 0.215. The summed E-state index contributed by atoms with van der Waals surface area (Å²) in [6, 6.07) is 48.2. The number of rotatable bonds is 3. The molecular weight excluding hydrogens is 516 g/mol. The summed E-state index contributed by atoms with van der Waals surface area (Å²) < 4.78 is 9.05. The van der Waals surface area contributed by atoms with E-state index >= 15 is 0 Å². The summed E-state index contributed by atoms with van der Waals surface area (Å²) in [5, 5.41) is 2.67. The van der Waals surface area contributed by atoms with Gasteiger partial charge in [-0.25, -0.2) is 0 Å². The van der Waals surface area contributed by atoms with Gasteiger partial charge in [-0.05, 0) is 51.6 Å². The van der Waals surface area contributed by atoms with Crippen molar-refractivity contribution in [2.45, 2.75) is 19.3 Å². The minimum atomic E-state index is -0.0960. The number of para-hydroxylation sites is 1. The Bertz CT molecular complexity index is 2080. The SMILES string of the molecule is CC1(C)c2ccccc2Oc2cc(-c3ccc(-c4ccc(-c5cccc6c5sc5ccccc56)cc4)cc3)ccc21. The first-order chi connectivity index (χ1) is 20.1. The summed E-state index contributed by atoms with van der Waals surface area (Å²) in [6.45, 7) is 4.55. The van der Waals surface area contributed by atoms with Crippen molar-refractivity contribution in [3.63, 3.8) is 0 Å². The highest BCUT2D eigenvalue weighted by molar-refractivity contribution is 7.26. The minimum Gasteiger partial charge on any atom is -0.457 e. The zero-order chi connectivity index (χ0) is 27.6.